The summed E-state index contributed by atoms with van der Waals surface area (Å²) in [5, 5.41) is 4.21. The second-order valence-electron chi connectivity index (χ2n) is 8.98. The second kappa shape index (κ2) is 10.8. The number of nitrogens with one attached hydrogen (secondary N) is 1. The number of aromatic nitrogens is 2. The number of morpholine rings is 1. The molecule has 0 saturated carbocycles. The molecule has 1 amide bonds. The molecule has 38 heavy (non-hydrogen) atoms. The minimum absolute atomic E-state index is 0.244. The topological polar surface area (TPSA) is 97.9 Å². The van der Waals surface area contributed by atoms with E-state index in [1.165, 1.54) is 4.31 Å². The Morgan fingerprint density at radius 1 is 0.974 bits per heavy atom. The van der Waals surface area contributed by atoms with Gasteiger partial charge in [0.1, 0.15) is 0 Å². The van der Waals surface area contributed by atoms with Gasteiger partial charge in [-0.05, 0) is 62.4 Å². The Labute approximate surface area is 222 Å². The van der Waals surface area contributed by atoms with E-state index in [1.807, 2.05) is 77.8 Å². The second-order valence-corrected chi connectivity index (χ2v) is 10.9. The maximum atomic E-state index is 13.2. The number of hydrogen-bond donors (Lipinski definition) is 1. The van der Waals surface area contributed by atoms with Crippen molar-refractivity contribution in [1.29, 1.82) is 0 Å². The van der Waals surface area contributed by atoms with Crippen LogP contribution < -0.4 is 5.43 Å². The minimum Gasteiger partial charge on any atom is -0.379 e. The van der Waals surface area contributed by atoms with Gasteiger partial charge >= 0.3 is 0 Å². The van der Waals surface area contributed by atoms with Gasteiger partial charge in [-0.25, -0.2) is 13.8 Å². The molecule has 196 valence electrons. The molecule has 1 aliphatic rings. The van der Waals surface area contributed by atoms with Crippen LogP contribution in [-0.4, -0.2) is 60.3 Å². The lowest BCUT2D eigenvalue weighted by Crippen LogP contribution is -2.40. The smallest absolute Gasteiger partial charge is 0.273 e. The van der Waals surface area contributed by atoms with Crippen molar-refractivity contribution in [2.45, 2.75) is 18.7 Å². The lowest BCUT2D eigenvalue weighted by molar-refractivity contribution is 0.0730. The number of carbonyl (C=O) groups excluding carboxylic acids is 1. The van der Waals surface area contributed by atoms with E-state index >= 15 is 0 Å². The summed E-state index contributed by atoms with van der Waals surface area (Å²) in [4.78, 5) is 13.1. The third kappa shape index (κ3) is 5.06. The first-order valence-corrected chi connectivity index (χ1v) is 13.7. The fourth-order valence-electron chi connectivity index (χ4n) is 4.64. The molecule has 0 radical (unpaired) electrons. The van der Waals surface area contributed by atoms with E-state index in [0.717, 1.165) is 28.3 Å². The molecule has 0 unspecified atom stereocenters. The average Bonchev–Trinajstić information content (AvgIpc) is 3.57. The van der Waals surface area contributed by atoms with Gasteiger partial charge in [0.15, 0.2) is 0 Å². The Bertz CT molecular complexity index is 1580. The van der Waals surface area contributed by atoms with Crippen LogP contribution in [0.3, 0.4) is 0 Å². The fraction of sp³-hybridized carbons (Fsp3) is 0.214. The molecular formula is C28H29N5O4S. The average molecular weight is 532 g/mol. The van der Waals surface area contributed by atoms with Gasteiger partial charge in [0.25, 0.3) is 5.91 Å². The van der Waals surface area contributed by atoms with E-state index in [9.17, 15) is 13.2 Å². The van der Waals surface area contributed by atoms with Crippen molar-refractivity contribution < 1.29 is 17.9 Å². The van der Waals surface area contributed by atoms with Crippen LogP contribution in [-0.2, 0) is 14.8 Å². The van der Waals surface area contributed by atoms with Gasteiger partial charge in [-0.3, -0.25) is 4.79 Å². The first kappa shape index (κ1) is 25.7. The van der Waals surface area contributed by atoms with Crippen molar-refractivity contribution in [1.82, 2.24) is 18.9 Å². The highest BCUT2D eigenvalue weighted by atomic mass is 32.2. The van der Waals surface area contributed by atoms with Gasteiger partial charge < -0.3 is 13.9 Å². The first-order valence-electron chi connectivity index (χ1n) is 12.3. The summed E-state index contributed by atoms with van der Waals surface area (Å²) in [6.45, 7) is 5.35. The molecule has 1 N–H and O–H groups in total. The zero-order chi connectivity index (χ0) is 26.7. The number of aryl methyl sites for hydroxylation is 1. The van der Waals surface area contributed by atoms with E-state index in [0.29, 0.717) is 31.9 Å². The number of nitrogens with zero attached hydrogens (tertiary/aromatic N) is 4. The SMILES string of the molecule is Cc1cc(/C=N/NC(=O)c2ccccc2-n2cccc2)c(C)n1-c1cccc(S(=O)(=O)N2CCOCC2)c1. The molecule has 10 heteroatoms. The van der Waals surface area contributed by atoms with Crippen LogP contribution in [0.1, 0.15) is 27.3 Å². The van der Waals surface area contributed by atoms with E-state index < -0.39 is 10.0 Å². The number of sulfonamides is 1. The number of rotatable bonds is 7. The van der Waals surface area contributed by atoms with Gasteiger partial charge in [0.2, 0.25) is 10.0 Å². The number of amides is 1. The van der Waals surface area contributed by atoms with Gasteiger partial charge in [-0.2, -0.15) is 9.41 Å². The molecule has 2 aromatic heterocycles. The van der Waals surface area contributed by atoms with Gasteiger partial charge in [-0.1, -0.05) is 18.2 Å². The maximum Gasteiger partial charge on any atom is 0.273 e. The third-order valence-corrected chi connectivity index (χ3v) is 8.45. The molecule has 1 saturated heterocycles. The fourth-order valence-corrected chi connectivity index (χ4v) is 6.09. The van der Waals surface area contributed by atoms with Crippen LogP contribution in [0, 0.1) is 13.8 Å². The zero-order valence-electron chi connectivity index (χ0n) is 21.2. The number of benzene rings is 2. The summed E-state index contributed by atoms with van der Waals surface area (Å²) in [6.07, 6.45) is 5.36. The van der Waals surface area contributed by atoms with Crippen molar-refractivity contribution in [3.63, 3.8) is 0 Å². The van der Waals surface area contributed by atoms with Crippen LogP contribution in [0.25, 0.3) is 11.4 Å². The Kier molecular flexibility index (Phi) is 7.28. The maximum absolute atomic E-state index is 13.2. The van der Waals surface area contributed by atoms with Crippen molar-refractivity contribution in [3.8, 4) is 11.4 Å². The quantitative estimate of drug-likeness (QED) is 0.291. The molecule has 9 nitrogen and oxygen atoms in total. The van der Waals surface area contributed by atoms with Gasteiger partial charge in [-0.15, -0.1) is 0 Å². The van der Waals surface area contributed by atoms with Crippen LogP contribution in [0.5, 0.6) is 0 Å². The number of hydrazone groups is 1. The molecule has 1 aliphatic heterocycles. The van der Waals surface area contributed by atoms with Crippen LogP contribution >= 0.6 is 0 Å². The lowest BCUT2D eigenvalue weighted by atomic mass is 10.1. The van der Waals surface area contributed by atoms with Gasteiger partial charge in [0.05, 0.1) is 35.6 Å². The summed E-state index contributed by atoms with van der Waals surface area (Å²) < 4.78 is 36.9. The van der Waals surface area contributed by atoms with Crippen molar-refractivity contribution in [2.24, 2.45) is 5.10 Å². The Balaban J connectivity index is 1.36. The standard InChI is InChI=1S/C28H29N5O4S/c1-21-18-23(20-29-30-28(34)26-10-3-4-11-27(26)31-12-5-6-13-31)22(2)33(21)24-8-7-9-25(19-24)38(35,36)32-14-16-37-17-15-32/h3-13,18-20H,14-17H2,1-2H3,(H,30,34)/b29-20+. The number of carbonyl (C=O) groups is 1. The van der Waals surface area contributed by atoms with Crippen molar-refractivity contribution in [3.05, 3.63) is 102 Å². The summed E-state index contributed by atoms with van der Waals surface area (Å²) in [5.74, 6) is -0.319. The van der Waals surface area contributed by atoms with E-state index in [2.05, 4.69) is 10.5 Å². The molecule has 0 atom stereocenters. The van der Waals surface area contributed by atoms with E-state index in [4.69, 9.17) is 4.74 Å². The lowest BCUT2D eigenvalue weighted by Gasteiger charge is -2.26. The largest absolute Gasteiger partial charge is 0.379 e. The highest BCUT2D eigenvalue weighted by molar-refractivity contribution is 7.89. The Morgan fingerprint density at radius 3 is 2.47 bits per heavy atom. The summed E-state index contributed by atoms with van der Waals surface area (Å²) in [5.41, 5.74) is 7.21. The van der Waals surface area contributed by atoms with Crippen LogP contribution in [0.2, 0.25) is 0 Å². The normalized spacial score (nSPS) is 14.7. The number of hydrogen-bond acceptors (Lipinski definition) is 5. The monoisotopic (exact) mass is 531 g/mol. The van der Waals surface area contributed by atoms with Crippen molar-refractivity contribution in [2.75, 3.05) is 26.3 Å². The minimum atomic E-state index is -3.62. The predicted molar refractivity (Wildman–Crippen MR) is 146 cm³/mol. The molecule has 0 bridgehead atoms. The predicted octanol–water partition coefficient (Wildman–Crippen LogP) is 3.67. The Hall–Kier alpha value is -3.99. The molecule has 2 aromatic carbocycles. The molecule has 3 heterocycles. The highest BCUT2D eigenvalue weighted by Gasteiger charge is 2.26. The summed E-state index contributed by atoms with van der Waals surface area (Å²) in [7, 11) is -3.62. The molecule has 0 aliphatic carbocycles. The summed E-state index contributed by atoms with van der Waals surface area (Å²) in [6, 6.07) is 20.0. The molecule has 4 aromatic rings. The molecule has 0 spiro atoms. The van der Waals surface area contributed by atoms with Crippen molar-refractivity contribution >= 4 is 22.1 Å². The first-order chi connectivity index (χ1) is 18.4. The Morgan fingerprint density at radius 2 is 1.71 bits per heavy atom. The van der Waals surface area contributed by atoms with Crippen LogP contribution in [0.15, 0.2) is 89.1 Å². The molecule has 1 fully saturated rings. The highest BCUT2D eigenvalue weighted by Crippen LogP contribution is 2.24. The number of ether oxygens (including phenoxy) is 1. The van der Waals surface area contributed by atoms with E-state index in [-0.39, 0.29) is 10.8 Å². The zero-order valence-corrected chi connectivity index (χ0v) is 22.1. The van der Waals surface area contributed by atoms with Crippen LogP contribution in [0.4, 0.5) is 0 Å². The molecular weight excluding hydrogens is 502 g/mol. The summed E-state index contributed by atoms with van der Waals surface area (Å²) >= 11 is 0. The van der Waals surface area contributed by atoms with E-state index in [1.54, 1.807) is 30.5 Å². The third-order valence-electron chi connectivity index (χ3n) is 6.55. The van der Waals surface area contributed by atoms with Gasteiger partial charge in [0, 0.05) is 48.1 Å². The number of para-hydroxylation sites is 1. The molecule has 5 rings (SSSR count).